The monoisotopic (exact) mass is 305 g/mol. The van der Waals surface area contributed by atoms with Gasteiger partial charge in [-0.2, -0.15) is 0 Å². The maximum absolute atomic E-state index is 12.1. The molecule has 0 radical (unpaired) electrons. The number of carbonyl (C=O) groups is 2. The van der Waals surface area contributed by atoms with Gasteiger partial charge in [-0.3, -0.25) is 10.1 Å². The second-order valence-corrected chi connectivity index (χ2v) is 5.34. The molecule has 0 aliphatic carbocycles. The van der Waals surface area contributed by atoms with Crippen LogP contribution in [0.5, 0.6) is 0 Å². The first-order valence-electron chi connectivity index (χ1n) is 6.46. The minimum atomic E-state index is -0.481. The molecule has 0 fully saturated rings. The van der Waals surface area contributed by atoms with E-state index in [1.807, 2.05) is 0 Å². The number of amides is 1. The van der Waals surface area contributed by atoms with Gasteiger partial charge in [-0.05, 0) is 24.6 Å². The van der Waals surface area contributed by atoms with Gasteiger partial charge in [-0.15, -0.1) is 10.2 Å². The van der Waals surface area contributed by atoms with E-state index in [1.54, 1.807) is 18.2 Å². The predicted molar refractivity (Wildman–Crippen MR) is 79.6 cm³/mol. The summed E-state index contributed by atoms with van der Waals surface area (Å²) < 4.78 is 4.63. The summed E-state index contributed by atoms with van der Waals surface area (Å²) in [6.45, 7) is 2.05. The van der Waals surface area contributed by atoms with E-state index in [2.05, 4.69) is 27.2 Å². The largest absolute Gasteiger partial charge is 0.465 e. The second kappa shape index (κ2) is 6.94. The Hall–Kier alpha value is -2.28. The van der Waals surface area contributed by atoms with Crippen molar-refractivity contribution in [2.75, 3.05) is 12.4 Å². The number of aromatic nitrogens is 2. The third-order valence-corrected chi connectivity index (χ3v) is 3.60. The van der Waals surface area contributed by atoms with Crippen LogP contribution in [0.15, 0.2) is 24.3 Å². The zero-order valence-corrected chi connectivity index (χ0v) is 12.6. The number of hydrogen-bond acceptors (Lipinski definition) is 6. The number of methoxy groups -OCH3 is 1. The Balaban J connectivity index is 2.10. The van der Waals surface area contributed by atoms with Crippen LogP contribution in [0.4, 0.5) is 5.13 Å². The molecule has 7 heteroatoms. The average molecular weight is 305 g/mol. The Morgan fingerprint density at radius 3 is 2.76 bits per heavy atom. The summed E-state index contributed by atoms with van der Waals surface area (Å²) >= 11 is 1.35. The van der Waals surface area contributed by atoms with Crippen LogP contribution >= 0.6 is 11.3 Å². The van der Waals surface area contributed by atoms with E-state index in [0.29, 0.717) is 16.3 Å². The summed E-state index contributed by atoms with van der Waals surface area (Å²) in [6, 6.07) is 6.32. The highest BCUT2D eigenvalue weighted by atomic mass is 32.1. The smallest absolute Gasteiger partial charge is 0.337 e. The Morgan fingerprint density at radius 2 is 2.05 bits per heavy atom. The number of rotatable bonds is 5. The number of hydrogen-bond donors (Lipinski definition) is 1. The highest BCUT2D eigenvalue weighted by Crippen LogP contribution is 2.17. The van der Waals surface area contributed by atoms with Crippen LogP contribution in [0.3, 0.4) is 0 Å². The van der Waals surface area contributed by atoms with E-state index in [1.165, 1.54) is 24.5 Å². The molecule has 0 aliphatic rings. The molecule has 1 N–H and O–H groups in total. The van der Waals surface area contributed by atoms with Crippen LogP contribution in [0.1, 0.15) is 39.1 Å². The minimum absolute atomic E-state index is 0.328. The molecule has 0 saturated carbocycles. The third-order valence-electron chi connectivity index (χ3n) is 2.70. The summed E-state index contributed by atoms with van der Waals surface area (Å²) in [5.74, 6) is -0.814. The van der Waals surface area contributed by atoms with Gasteiger partial charge >= 0.3 is 5.97 Å². The lowest BCUT2D eigenvalue weighted by Gasteiger charge is -2.03. The first kappa shape index (κ1) is 15.1. The fourth-order valence-corrected chi connectivity index (χ4v) is 2.53. The van der Waals surface area contributed by atoms with Crippen LogP contribution in [0.25, 0.3) is 0 Å². The lowest BCUT2D eigenvalue weighted by atomic mass is 10.1. The lowest BCUT2D eigenvalue weighted by molar-refractivity contribution is 0.0600. The van der Waals surface area contributed by atoms with Crippen LogP contribution in [0.2, 0.25) is 0 Å². The maximum Gasteiger partial charge on any atom is 0.337 e. The SMILES string of the molecule is CCCc1nnc(NC(=O)c2cccc(C(=O)OC)c2)s1. The number of aryl methyl sites for hydroxylation is 1. The molecule has 2 rings (SSSR count). The molecule has 0 saturated heterocycles. The molecular formula is C14H15N3O3S. The standard InChI is InChI=1S/C14H15N3O3S/c1-3-5-11-16-17-14(21-11)15-12(18)9-6-4-7-10(8-9)13(19)20-2/h4,6-8H,3,5H2,1-2H3,(H,15,17,18). The summed E-state index contributed by atoms with van der Waals surface area (Å²) in [7, 11) is 1.30. The van der Waals surface area contributed by atoms with Crippen molar-refractivity contribution in [3.8, 4) is 0 Å². The molecule has 1 heterocycles. The van der Waals surface area contributed by atoms with Gasteiger partial charge in [0.2, 0.25) is 5.13 Å². The number of nitrogens with zero attached hydrogens (tertiary/aromatic N) is 2. The highest BCUT2D eigenvalue weighted by Gasteiger charge is 2.12. The van der Waals surface area contributed by atoms with E-state index in [9.17, 15) is 9.59 Å². The number of carbonyl (C=O) groups excluding carboxylic acids is 2. The molecule has 0 spiro atoms. The molecule has 21 heavy (non-hydrogen) atoms. The molecule has 1 amide bonds. The van der Waals surface area contributed by atoms with E-state index < -0.39 is 5.97 Å². The number of anilines is 1. The molecule has 0 atom stereocenters. The number of nitrogens with one attached hydrogen (secondary N) is 1. The van der Waals surface area contributed by atoms with Crippen LogP contribution in [-0.4, -0.2) is 29.2 Å². The molecular weight excluding hydrogens is 290 g/mol. The number of esters is 1. The van der Waals surface area contributed by atoms with Gasteiger partial charge in [-0.25, -0.2) is 4.79 Å². The van der Waals surface area contributed by atoms with E-state index in [0.717, 1.165) is 17.8 Å². The van der Waals surface area contributed by atoms with Gasteiger partial charge in [-0.1, -0.05) is 24.3 Å². The summed E-state index contributed by atoms with van der Waals surface area (Å²) in [6.07, 6.45) is 1.81. The summed E-state index contributed by atoms with van der Waals surface area (Å²) in [5.41, 5.74) is 0.694. The minimum Gasteiger partial charge on any atom is -0.465 e. The molecule has 1 aromatic heterocycles. The Bertz CT molecular complexity index is 654. The van der Waals surface area contributed by atoms with Gasteiger partial charge in [0.15, 0.2) is 0 Å². The van der Waals surface area contributed by atoms with Crippen molar-refractivity contribution in [2.45, 2.75) is 19.8 Å². The topological polar surface area (TPSA) is 81.2 Å². The van der Waals surface area contributed by atoms with Gasteiger partial charge in [0.1, 0.15) is 5.01 Å². The molecule has 110 valence electrons. The van der Waals surface area contributed by atoms with Crippen molar-refractivity contribution in [3.05, 3.63) is 40.4 Å². The lowest BCUT2D eigenvalue weighted by Crippen LogP contribution is -2.13. The van der Waals surface area contributed by atoms with Gasteiger partial charge < -0.3 is 4.74 Å². The predicted octanol–water partition coefficient (Wildman–Crippen LogP) is 2.53. The third kappa shape index (κ3) is 3.85. The maximum atomic E-state index is 12.1. The molecule has 0 unspecified atom stereocenters. The van der Waals surface area contributed by atoms with Crippen molar-refractivity contribution < 1.29 is 14.3 Å². The van der Waals surface area contributed by atoms with Crippen molar-refractivity contribution in [3.63, 3.8) is 0 Å². The molecule has 0 bridgehead atoms. The van der Waals surface area contributed by atoms with Crippen molar-refractivity contribution in [1.29, 1.82) is 0 Å². The van der Waals surface area contributed by atoms with Crippen LogP contribution in [-0.2, 0) is 11.2 Å². The van der Waals surface area contributed by atoms with Crippen molar-refractivity contribution in [1.82, 2.24) is 10.2 Å². The first-order chi connectivity index (χ1) is 10.1. The van der Waals surface area contributed by atoms with Crippen molar-refractivity contribution in [2.24, 2.45) is 0 Å². The normalized spacial score (nSPS) is 10.2. The Morgan fingerprint density at radius 1 is 1.29 bits per heavy atom. The fourth-order valence-electron chi connectivity index (χ4n) is 1.69. The summed E-state index contributed by atoms with van der Waals surface area (Å²) in [4.78, 5) is 23.6. The van der Waals surface area contributed by atoms with Gasteiger partial charge in [0.25, 0.3) is 5.91 Å². The zero-order chi connectivity index (χ0) is 15.2. The zero-order valence-electron chi connectivity index (χ0n) is 11.8. The fraction of sp³-hybridized carbons (Fsp3) is 0.286. The molecule has 1 aromatic carbocycles. The van der Waals surface area contributed by atoms with E-state index in [4.69, 9.17) is 0 Å². The first-order valence-corrected chi connectivity index (χ1v) is 7.27. The van der Waals surface area contributed by atoms with E-state index >= 15 is 0 Å². The van der Waals surface area contributed by atoms with Crippen LogP contribution < -0.4 is 5.32 Å². The van der Waals surface area contributed by atoms with Crippen molar-refractivity contribution >= 4 is 28.3 Å². The number of ether oxygens (including phenoxy) is 1. The molecule has 2 aromatic rings. The molecule has 0 aliphatic heterocycles. The number of benzene rings is 1. The van der Waals surface area contributed by atoms with Gasteiger partial charge in [0, 0.05) is 12.0 Å². The quantitative estimate of drug-likeness (QED) is 0.858. The second-order valence-electron chi connectivity index (χ2n) is 4.28. The summed E-state index contributed by atoms with van der Waals surface area (Å²) in [5, 5.41) is 11.9. The Labute approximate surface area is 126 Å². The van der Waals surface area contributed by atoms with Crippen LogP contribution in [0, 0.1) is 0 Å². The molecule has 6 nitrogen and oxygen atoms in total. The Kier molecular flexibility index (Phi) is 4.99. The highest BCUT2D eigenvalue weighted by molar-refractivity contribution is 7.15. The van der Waals surface area contributed by atoms with E-state index in [-0.39, 0.29) is 5.91 Å². The average Bonchev–Trinajstić information content (AvgIpc) is 2.94. The van der Waals surface area contributed by atoms with Gasteiger partial charge in [0.05, 0.1) is 12.7 Å².